The van der Waals surface area contributed by atoms with Gasteiger partial charge < -0.3 is 4.98 Å². The maximum Gasteiger partial charge on any atom is 0.172 e. The van der Waals surface area contributed by atoms with Gasteiger partial charge in [0, 0.05) is 33.1 Å². The minimum atomic E-state index is -0.0890. The van der Waals surface area contributed by atoms with E-state index in [-0.39, 0.29) is 11.7 Å². The molecule has 1 heterocycles. The lowest BCUT2D eigenvalue weighted by Crippen LogP contribution is -2.11. The number of aromatic nitrogens is 1. The van der Waals surface area contributed by atoms with E-state index in [1.165, 1.54) is 0 Å². The van der Waals surface area contributed by atoms with Gasteiger partial charge in [0.05, 0.1) is 0 Å². The van der Waals surface area contributed by atoms with Crippen molar-refractivity contribution >= 4 is 32.6 Å². The predicted octanol–water partition coefficient (Wildman–Crippen LogP) is 5.31. The van der Waals surface area contributed by atoms with Crippen molar-refractivity contribution in [2.75, 3.05) is 0 Å². The number of benzene rings is 2. The van der Waals surface area contributed by atoms with E-state index in [1.807, 2.05) is 54.7 Å². The summed E-state index contributed by atoms with van der Waals surface area (Å²) >= 11 is 3.45. The summed E-state index contributed by atoms with van der Waals surface area (Å²) in [4.78, 5) is 16.1. The molecule has 0 aliphatic rings. The average molecular weight is 342 g/mol. The molecule has 3 aromatic rings. The zero-order chi connectivity index (χ0) is 14.8. The van der Waals surface area contributed by atoms with Crippen molar-refractivity contribution in [3.63, 3.8) is 0 Å². The molecule has 1 N–H and O–H groups in total. The molecular weight excluding hydrogens is 326 g/mol. The standard InChI is InChI=1S/C18H16BrNO/c1-2-14(12-6-4-3-5-7-12)18(21)16-11-20-17-10-13(19)8-9-15(16)17/h3-11,14,20H,2H2,1H3. The van der Waals surface area contributed by atoms with Gasteiger partial charge >= 0.3 is 0 Å². The van der Waals surface area contributed by atoms with Crippen LogP contribution in [0.3, 0.4) is 0 Å². The fourth-order valence-corrected chi connectivity index (χ4v) is 3.11. The Bertz CT molecular complexity index is 776. The first-order valence-corrected chi connectivity index (χ1v) is 7.85. The fraction of sp³-hybridized carbons (Fsp3) is 0.167. The number of carbonyl (C=O) groups is 1. The number of rotatable bonds is 4. The Morgan fingerprint density at radius 1 is 1.19 bits per heavy atom. The van der Waals surface area contributed by atoms with Gasteiger partial charge in [-0.1, -0.05) is 59.3 Å². The molecule has 0 amide bonds. The second-order valence-corrected chi connectivity index (χ2v) is 6.04. The summed E-state index contributed by atoms with van der Waals surface area (Å²) in [5.74, 6) is 0.0890. The maximum atomic E-state index is 12.9. The van der Waals surface area contributed by atoms with E-state index in [4.69, 9.17) is 0 Å². The third-order valence-corrected chi connectivity index (χ3v) is 4.33. The van der Waals surface area contributed by atoms with Crippen LogP contribution in [0.5, 0.6) is 0 Å². The maximum absolute atomic E-state index is 12.9. The van der Waals surface area contributed by atoms with Crippen molar-refractivity contribution in [3.8, 4) is 0 Å². The highest BCUT2D eigenvalue weighted by Gasteiger charge is 2.22. The number of halogens is 1. The smallest absolute Gasteiger partial charge is 0.172 e. The fourth-order valence-electron chi connectivity index (χ4n) is 2.75. The summed E-state index contributed by atoms with van der Waals surface area (Å²) in [7, 11) is 0. The molecule has 106 valence electrons. The molecule has 0 bridgehead atoms. The Morgan fingerprint density at radius 2 is 1.95 bits per heavy atom. The predicted molar refractivity (Wildman–Crippen MR) is 89.8 cm³/mol. The number of hydrogen-bond acceptors (Lipinski definition) is 1. The van der Waals surface area contributed by atoms with Gasteiger partial charge in [0.15, 0.2) is 5.78 Å². The van der Waals surface area contributed by atoms with Crippen molar-refractivity contribution in [3.05, 3.63) is 70.3 Å². The molecule has 21 heavy (non-hydrogen) atoms. The molecule has 2 aromatic carbocycles. The molecule has 3 heteroatoms. The summed E-state index contributed by atoms with van der Waals surface area (Å²) in [5, 5.41) is 0.984. The molecule has 1 unspecified atom stereocenters. The van der Waals surface area contributed by atoms with Gasteiger partial charge in [-0.25, -0.2) is 0 Å². The number of fused-ring (bicyclic) bond motifs is 1. The van der Waals surface area contributed by atoms with Crippen LogP contribution in [0, 0.1) is 0 Å². The lowest BCUT2D eigenvalue weighted by atomic mass is 9.88. The van der Waals surface area contributed by atoms with E-state index in [1.54, 1.807) is 0 Å². The first-order valence-electron chi connectivity index (χ1n) is 7.06. The molecule has 1 aromatic heterocycles. The van der Waals surface area contributed by atoms with E-state index < -0.39 is 0 Å². The summed E-state index contributed by atoms with van der Waals surface area (Å²) in [6.45, 7) is 2.06. The first kappa shape index (κ1) is 14.1. The Kier molecular flexibility index (Phi) is 3.93. The SMILES string of the molecule is CCC(C(=O)c1c[nH]c2cc(Br)ccc12)c1ccccc1. The monoisotopic (exact) mass is 341 g/mol. The van der Waals surface area contributed by atoms with E-state index in [0.717, 1.165) is 32.9 Å². The van der Waals surface area contributed by atoms with Gasteiger partial charge in [-0.2, -0.15) is 0 Å². The number of aromatic amines is 1. The molecule has 0 saturated heterocycles. The lowest BCUT2D eigenvalue weighted by Gasteiger charge is -2.13. The molecule has 0 radical (unpaired) electrons. The summed E-state index contributed by atoms with van der Waals surface area (Å²) < 4.78 is 1.01. The summed E-state index contributed by atoms with van der Waals surface area (Å²) in [6.07, 6.45) is 2.62. The van der Waals surface area contributed by atoms with Crippen LogP contribution < -0.4 is 0 Å². The van der Waals surface area contributed by atoms with Crippen molar-refractivity contribution in [2.24, 2.45) is 0 Å². The molecule has 2 nitrogen and oxygen atoms in total. The highest BCUT2D eigenvalue weighted by molar-refractivity contribution is 9.10. The zero-order valence-corrected chi connectivity index (χ0v) is 13.4. The Morgan fingerprint density at radius 3 is 2.67 bits per heavy atom. The lowest BCUT2D eigenvalue weighted by molar-refractivity contribution is 0.0959. The molecule has 0 fully saturated rings. The van der Waals surface area contributed by atoms with Crippen LogP contribution in [0.1, 0.15) is 35.2 Å². The molecule has 0 saturated carbocycles. The molecule has 3 rings (SSSR count). The van der Waals surface area contributed by atoms with Crippen LogP contribution in [-0.4, -0.2) is 10.8 Å². The van der Waals surface area contributed by atoms with Gasteiger partial charge in [-0.3, -0.25) is 4.79 Å². The summed E-state index contributed by atoms with van der Waals surface area (Å²) in [5.41, 5.74) is 2.83. The third-order valence-electron chi connectivity index (χ3n) is 3.84. The number of carbonyl (C=O) groups excluding carboxylic acids is 1. The van der Waals surface area contributed by atoms with Crippen LogP contribution in [0.2, 0.25) is 0 Å². The molecular formula is C18H16BrNO. The normalized spacial score (nSPS) is 12.5. The first-order chi connectivity index (χ1) is 10.2. The second kappa shape index (κ2) is 5.86. The Balaban J connectivity index is 2.03. The molecule has 0 spiro atoms. The Hall–Kier alpha value is -1.87. The highest BCUT2D eigenvalue weighted by atomic mass is 79.9. The number of ketones is 1. The van der Waals surface area contributed by atoms with Crippen LogP contribution in [0.25, 0.3) is 10.9 Å². The number of hydrogen-bond donors (Lipinski definition) is 1. The minimum absolute atomic E-state index is 0.0890. The van der Waals surface area contributed by atoms with Crippen LogP contribution in [-0.2, 0) is 0 Å². The van der Waals surface area contributed by atoms with Crippen molar-refractivity contribution in [1.82, 2.24) is 4.98 Å². The third kappa shape index (κ3) is 2.66. The second-order valence-electron chi connectivity index (χ2n) is 5.13. The van der Waals surface area contributed by atoms with Gasteiger partial charge in [0.2, 0.25) is 0 Å². The van der Waals surface area contributed by atoms with Gasteiger partial charge in [-0.15, -0.1) is 0 Å². The van der Waals surface area contributed by atoms with Gasteiger partial charge in [-0.05, 0) is 24.1 Å². The van der Waals surface area contributed by atoms with Gasteiger partial charge in [0.1, 0.15) is 0 Å². The molecule has 1 atom stereocenters. The molecule has 0 aliphatic carbocycles. The zero-order valence-electron chi connectivity index (χ0n) is 11.8. The van der Waals surface area contributed by atoms with Crippen LogP contribution >= 0.6 is 15.9 Å². The van der Waals surface area contributed by atoms with Crippen LogP contribution in [0.4, 0.5) is 0 Å². The van der Waals surface area contributed by atoms with E-state index in [0.29, 0.717) is 0 Å². The van der Waals surface area contributed by atoms with Gasteiger partial charge in [0.25, 0.3) is 0 Å². The molecule has 0 aliphatic heterocycles. The highest BCUT2D eigenvalue weighted by Crippen LogP contribution is 2.29. The van der Waals surface area contributed by atoms with Crippen molar-refractivity contribution in [1.29, 1.82) is 0 Å². The van der Waals surface area contributed by atoms with E-state index >= 15 is 0 Å². The number of Topliss-reactive ketones (excluding diaryl/α,β-unsaturated/α-hetero) is 1. The average Bonchev–Trinajstić information content (AvgIpc) is 2.92. The number of nitrogens with one attached hydrogen (secondary N) is 1. The number of H-pyrrole nitrogens is 1. The topological polar surface area (TPSA) is 32.9 Å². The summed E-state index contributed by atoms with van der Waals surface area (Å²) in [6, 6.07) is 15.9. The Labute approximate surface area is 132 Å². The van der Waals surface area contributed by atoms with Crippen molar-refractivity contribution < 1.29 is 4.79 Å². The quantitative estimate of drug-likeness (QED) is 0.641. The van der Waals surface area contributed by atoms with E-state index in [9.17, 15) is 4.79 Å². The minimum Gasteiger partial charge on any atom is -0.360 e. The van der Waals surface area contributed by atoms with Crippen molar-refractivity contribution in [2.45, 2.75) is 19.3 Å². The van der Waals surface area contributed by atoms with E-state index in [2.05, 4.69) is 27.8 Å². The largest absolute Gasteiger partial charge is 0.360 e. The van der Waals surface area contributed by atoms with Crippen LogP contribution in [0.15, 0.2) is 59.2 Å².